The molecular formula is C17H17F3N6. The summed E-state index contributed by atoms with van der Waals surface area (Å²) < 4.78 is 39.3. The Balaban J connectivity index is 1.94. The summed E-state index contributed by atoms with van der Waals surface area (Å²) in [6, 6.07) is 6.43. The maximum Gasteiger partial charge on any atom is 0.433 e. The van der Waals surface area contributed by atoms with Crippen LogP contribution in [0.2, 0.25) is 0 Å². The van der Waals surface area contributed by atoms with Crippen molar-refractivity contribution in [2.75, 3.05) is 10.6 Å². The minimum Gasteiger partial charge on any atom is -0.365 e. The Kier molecular flexibility index (Phi) is 4.88. The van der Waals surface area contributed by atoms with Gasteiger partial charge in [-0.3, -0.25) is 4.98 Å². The molecule has 0 bridgehead atoms. The number of anilines is 2. The molecule has 0 aliphatic heterocycles. The van der Waals surface area contributed by atoms with E-state index in [9.17, 15) is 13.2 Å². The van der Waals surface area contributed by atoms with E-state index in [4.69, 9.17) is 0 Å². The highest BCUT2D eigenvalue weighted by Crippen LogP contribution is 2.30. The maximum absolute atomic E-state index is 13.1. The van der Waals surface area contributed by atoms with Crippen molar-refractivity contribution in [3.8, 4) is 0 Å². The molecule has 2 N–H and O–H groups in total. The maximum atomic E-state index is 13.1. The summed E-state index contributed by atoms with van der Waals surface area (Å²) in [7, 11) is 0. The molecule has 0 aliphatic rings. The second kappa shape index (κ2) is 7.11. The number of alkyl halides is 3. The fraction of sp³-hybridized carbons (Fsp3) is 0.294. The second-order valence-corrected chi connectivity index (χ2v) is 5.93. The first-order chi connectivity index (χ1) is 12.3. The fourth-order valence-corrected chi connectivity index (χ4v) is 2.44. The number of hydrogen-bond donors (Lipinski definition) is 2. The SMILES string of the molecule is CC(C)Nc1nc(NCc2cccnc2C(F)(F)F)c2cccnc2n1. The van der Waals surface area contributed by atoms with Crippen LogP contribution < -0.4 is 10.6 Å². The third-order valence-electron chi connectivity index (χ3n) is 3.50. The Labute approximate surface area is 147 Å². The summed E-state index contributed by atoms with van der Waals surface area (Å²) in [6.07, 6.45) is -1.79. The Morgan fingerprint density at radius 3 is 2.50 bits per heavy atom. The number of aromatic nitrogens is 4. The number of nitrogens with zero attached hydrogens (tertiary/aromatic N) is 4. The molecule has 0 aromatic carbocycles. The summed E-state index contributed by atoms with van der Waals surface area (Å²) in [5, 5.41) is 6.66. The van der Waals surface area contributed by atoms with Crippen LogP contribution >= 0.6 is 0 Å². The first kappa shape index (κ1) is 17.8. The largest absolute Gasteiger partial charge is 0.433 e. The molecule has 0 saturated carbocycles. The van der Waals surface area contributed by atoms with E-state index in [0.29, 0.717) is 22.8 Å². The highest BCUT2D eigenvalue weighted by atomic mass is 19.4. The molecule has 0 spiro atoms. The van der Waals surface area contributed by atoms with Crippen LogP contribution in [0.25, 0.3) is 11.0 Å². The van der Waals surface area contributed by atoms with E-state index in [1.54, 1.807) is 18.3 Å². The molecule has 136 valence electrons. The van der Waals surface area contributed by atoms with Gasteiger partial charge in [-0.25, -0.2) is 4.98 Å². The van der Waals surface area contributed by atoms with Crippen LogP contribution in [0.5, 0.6) is 0 Å². The van der Waals surface area contributed by atoms with Crippen molar-refractivity contribution in [2.24, 2.45) is 0 Å². The molecule has 0 saturated heterocycles. The van der Waals surface area contributed by atoms with Gasteiger partial charge in [0, 0.05) is 30.5 Å². The van der Waals surface area contributed by atoms with Crippen LogP contribution in [0.4, 0.5) is 24.9 Å². The summed E-state index contributed by atoms with van der Waals surface area (Å²) in [4.78, 5) is 16.4. The molecular weight excluding hydrogens is 345 g/mol. The van der Waals surface area contributed by atoms with Crippen molar-refractivity contribution in [1.82, 2.24) is 19.9 Å². The lowest BCUT2D eigenvalue weighted by molar-refractivity contribution is -0.141. The van der Waals surface area contributed by atoms with Crippen molar-refractivity contribution in [3.63, 3.8) is 0 Å². The van der Waals surface area contributed by atoms with Gasteiger partial charge in [-0.05, 0) is 32.0 Å². The Morgan fingerprint density at radius 1 is 1.04 bits per heavy atom. The van der Waals surface area contributed by atoms with Crippen LogP contribution in [0, 0.1) is 0 Å². The van der Waals surface area contributed by atoms with Gasteiger partial charge in [-0.1, -0.05) is 6.07 Å². The van der Waals surface area contributed by atoms with E-state index in [1.165, 1.54) is 12.1 Å². The van der Waals surface area contributed by atoms with E-state index in [-0.39, 0.29) is 18.2 Å². The summed E-state index contributed by atoms with van der Waals surface area (Å²) in [6.45, 7) is 3.79. The monoisotopic (exact) mass is 362 g/mol. The van der Waals surface area contributed by atoms with Gasteiger partial charge in [-0.2, -0.15) is 23.1 Å². The second-order valence-electron chi connectivity index (χ2n) is 5.93. The van der Waals surface area contributed by atoms with Crippen LogP contribution in [0.15, 0.2) is 36.7 Å². The lowest BCUT2D eigenvalue weighted by Gasteiger charge is -2.15. The topological polar surface area (TPSA) is 75.6 Å². The standard InChI is InChI=1S/C17H17F3N6/c1-10(2)24-16-25-14-12(6-4-8-22-14)15(26-16)23-9-11-5-3-7-21-13(11)17(18,19)20/h3-8,10H,9H2,1-2H3,(H2,22,23,24,25,26). The molecule has 0 aliphatic carbocycles. The van der Waals surface area contributed by atoms with E-state index in [1.807, 2.05) is 13.8 Å². The van der Waals surface area contributed by atoms with Gasteiger partial charge in [0.2, 0.25) is 5.95 Å². The number of fused-ring (bicyclic) bond motifs is 1. The minimum atomic E-state index is -4.52. The third kappa shape index (κ3) is 3.98. The molecule has 0 atom stereocenters. The summed E-state index contributed by atoms with van der Waals surface area (Å²) >= 11 is 0. The van der Waals surface area contributed by atoms with Crippen molar-refractivity contribution in [2.45, 2.75) is 32.6 Å². The van der Waals surface area contributed by atoms with Gasteiger partial charge in [0.25, 0.3) is 0 Å². The van der Waals surface area contributed by atoms with Crippen molar-refractivity contribution in [3.05, 3.63) is 47.9 Å². The molecule has 3 aromatic rings. The molecule has 3 rings (SSSR count). The van der Waals surface area contributed by atoms with E-state index >= 15 is 0 Å². The molecule has 26 heavy (non-hydrogen) atoms. The van der Waals surface area contributed by atoms with Gasteiger partial charge >= 0.3 is 6.18 Å². The van der Waals surface area contributed by atoms with Crippen LogP contribution in [-0.4, -0.2) is 26.0 Å². The molecule has 3 heterocycles. The summed E-state index contributed by atoms with van der Waals surface area (Å²) in [5.41, 5.74) is -0.422. The molecule has 3 aromatic heterocycles. The fourth-order valence-electron chi connectivity index (χ4n) is 2.44. The van der Waals surface area contributed by atoms with Gasteiger partial charge in [0.15, 0.2) is 5.65 Å². The average molecular weight is 362 g/mol. The first-order valence-electron chi connectivity index (χ1n) is 7.99. The number of halogens is 3. The molecule has 0 fully saturated rings. The Hall–Kier alpha value is -2.97. The summed E-state index contributed by atoms with van der Waals surface area (Å²) in [5.74, 6) is 0.763. The van der Waals surface area contributed by atoms with Gasteiger partial charge in [0.05, 0.1) is 5.39 Å². The zero-order chi connectivity index (χ0) is 18.7. The van der Waals surface area contributed by atoms with E-state index < -0.39 is 11.9 Å². The Morgan fingerprint density at radius 2 is 1.77 bits per heavy atom. The number of pyridine rings is 2. The van der Waals surface area contributed by atoms with Gasteiger partial charge in [0.1, 0.15) is 11.5 Å². The van der Waals surface area contributed by atoms with Crippen LogP contribution in [-0.2, 0) is 12.7 Å². The molecule has 0 unspecified atom stereocenters. The van der Waals surface area contributed by atoms with Gasteiger partial charge < -0.3 is 10.6 Å². The zero-order valence-electron chi connectivity index (χ0n) is 14.2. The molecule has 0 amide bonds. The van der Waals surface area contributed by atoms with Crippen molar-refractivity contribution < 1.29 is 13.2 Å². The highest BCUT2D eigenvalue weighted by Gasteiger charge is 2.34. The lowest BCUT2D eigenvalue weighted by atomic mass is 10.2. The first-order valence-corrected chi connectivity index (χ1v) is 7.99. The van der Waals surface area contributed by atoms with Gasteiger partial charge in [-0.15, -0.1) is 0 Å². The normalized spacial score (nSPS) is 11.8. The number of rotatable bonds is 5. The predicted octanol–water partition coefficient (Wildman–Crippen LogP) is 3.87. The molecule has 0 radical (unpaired) electrons. The quantitative estimate of drug-likeness (QED) is 0.718. The zero-order valence-corrected chi connectivity index (χ0v) is 14.2. The third-order valence-corrected chi connectivity index (χ3v) is 3.50. The number of hydrogen-bond acceptors (Lipinski definition) is 6. The Bertz CT molecular complexity index is 910. The smallest absolute Gasteiger partial charge is 0.365 e. The van der Waals surface area contributed by atoms with Crippen LogP contribution in [0.3, 0.4) is 0 Å². The number of nitrogens with one attached hydrogen (secondary N) is 2. The lowest BCUT2D eigenvalue weighted by Crippen LogP contribution is -2.16. The van der Waals surface area contributed by atoms with Crippen molar-refractivity contribution >= 4 is 22.8 Å². The minimum absolute atomic E-state index is 0.0361. The molecule has 9 heteroatoms. The highest BCUT2D eigenvalue weighted by molar-refractivity contribution is 5.87. The average Bonchev–Trinajstić information content (AvgIpc) is 2.58. The van der Waals surface area contributed by atoms with E-state index in [2.05, 4.69) is 30.6 Å². The van der Waals surface area contributed by atoms with Crippen molar-refractivity contribution in [1.29, 1.82) is 0 Å². The van der Waals surface area contributed by atoms with E-state index in [0.717, 1.165) is 6.20 Å². The predicted molar refractivity (Wildman–Crippen MR) is 92.7 cm³/mol. The van der Waals surface area contributed by atoms with Crippen LogP contribution in [0.1, 0.15) is 25.1 Å². The molecule has 6 nitrogen and oxygen atoms in total.